The standard InChI is InChI=1S/C16H15BrN2O2/c1-11(20)18-14-5-7-15(8-6-14)19-16(21)10-12-3-2-4-13(17)9-12/h2-9H,10H2,1H3,(H,18,20)(H,19,21). The monoisotopic (exact) mass is 346 g/mol. The predicted molar refractivity (Wildman–Crippen MR) is 87.2 cm³/mol. The molecule has 0 fully saturated rings. The number of rotatable bonds is 4. The fraction of sp³-hybridized carbons (Fsp3) is 0.125. The van der Waals surface area contributed by atoms with Crippen molar-refractivity contribution in [3.05, 3.63) is 58.6 Å². The molecule has 5 heteroatoms. The van der Waals surface area contributed by atoms with E-state index in [0.717, 1.165) is 10.0 Å². The van der Waals surface area contributed by atoms with Crippen LogP contribution in [0.2, 0.25) is 0 Å². The van der Waals surface area contributed by atoms with Crippen molar-refractivity contribution >= 4 is 39.1 Å². The van der Waals surface area contributed by atoms with Crippen LogP contribution in [0.4, 0.5) is 11.4 Å². The third-order valence-electron chi connectivity index (χ3n) is 2.74. The maximum Gasteiger partial charge on any atom is 0.228 e. The molecule has 0 aliphatic rings. The Balaban J connectivity index is 1.95. The largest absolute Gasteiger partial charge is 0.326 e. The van der Waals surface area contributed by atoms with Crippen LogP contribution in [-0.4, -0.2) is 11.8 Å². The number of anilines is 2. The molecule has 0 aliphatic heterocycles. The second-order valence-corrected chi connectivity index (χ2v) is 5.53. The van der Waals surface area contributed by atoms with E-state index in [4.69, 9.17) is 0 Å². The first kappa shape index (κ1) is 15.3. The summed E-state index contributed by atoms with van der Waals surface area (Å²) in [5.41, 5.74) is 2.34. The topological polar surface area (TPSA) is 58.2 Å². The second kappa shape index (κ2) is 7.04. The lowest BCUT2D eigenvalue weighted by Gasteiger charge is -2.07. The number of amides is 2. The van der Waals surface area contributed by atoms with Gasteiger partial charge >= 0.3 is 0 Å². The first-order valence-corrected chi connectivity index (χ1v) is 7.24. The van der Waals surface area contributed by atoms with Gasteiger partial charge < -0.3 is 10.6 Å². The third kappa shape index (κ3) is 5.04. The van der Waals surface area contributed by atoms with Crippen molar-refractivity contribution in [2.45, 2.75) is 13.3 Å². The van der Waals surface area contributed by atoms with Gasteiger partial charge in [-0.1, -0.05) is 28.1 Å². The number of benzene rings is 2. The molecule has 4 nitrogen and oxygen atoms in total. The van der Waals surface area contributed by atoms with E-state index in [-0.39, 0.29) is 11.8 Å². The van der Waals surface area contributed by atoms with Crippen LogP contribution in [0, 0.1) is 0 Å². The molecule has 0 unspecified atom stereocenters. The highest BCUT2D eigenvalue weighted by atomic mass is 79.9. The maximum absolute atomic E-state index is 12.0. The summed E-state index contributed by atoms with van der Waals surface area (Å²) in [6, 6.07) is 14.6. The number of hydrogen-bond acceptors (Lipinski definition) is 2. The van der Waals surface area contributed by atoms with Gasteiger partial charge in [-0.2, -0.15) is 0 Å². The summed E-state index contributed by atoms with van der Waals surface area (Å²) < 4.78 is 0.951. The minimum atomic E-state index is -0.124. The van der Waals surface area contributed by atoms with Crippen LogP contribution in [0.3, 0.4) is 0 Å². The number of nitrogens with one attached hydrogen (secondary N) is 2. The highest BCUT2D eigenvalue weighted by Crippen LogP contribution is 2.15. The number of carbonyl (C=O) groups excluding carboxylic acids is 2. The van der Waals surface area contributed by atoms with E-state index >= 15 is 0 Å². The van der Waals surface area contributed by atoms with E-state index in [0.29, 0.717) is 17.8 Å². The molecule has 0 saturated carbocycles. The third-order valence-corrected chi connectivity index (χ3v) is 3.24. The molecule has 2 rings (SSSR count). The highest BCUT2D eigenvalue weighted by molar-refractivity contribution is 9.10. The van der Waals surface area contributed by atoms with Crippen LogP contribution >= 0.6 is 15.9 Å². The van der Waals surface area contributed by atoms with Crippen molar-refractivity contribution in [3.8, 4) is 0 Å². The summed E-state index contributed by atoms with van der Waals surface area (Å²) in [7, 11) is 0. The van der Waals surface area contributed by atoms with E-state index in [9.17, 15) is 9.59 Å². The molecule has 0 heterocycles. The highest BCUT2D eigenvalue weighted by Gasteiger charge is 2.05. The molecular formula is C16H15BrN2O2. The van der Waals surface area contributed by atoms with Gasteiger partial charge in [0.1, 0.15) is 0 Å². The van der Waals surface area contributed by atoms with Crippen LogP contribution in [0.1, 0.15) is 12.5 Å². The molecule has 0 aliphatic carbocycles. The van der Waals surface area contributed by atoms with Gasteiger partial charge in [0, 0.05) is 22.8 Å². The smallest absolute Gasteiger partial charge is 0.228 e. The van der Waals surface area contributed by atoms with Crippen LogP contribution in [-0.2, 0) is 16.0 Å². The van der Waals surface area contributed by atoms with E-state index in [1.54, 1.807) is 24.3 Å². The first-order chi connectivity index (χ1) is 10.0. The lowest BCUT2D eigenvalue weighted by Crippen LogP contribution is -2.14. The Labute approximate surface area is 131 Å². The summed E-state index contributed by atoms with van der Waals surface area (Å²) in [5.74, 6) is -0.207. The number of carbonyl (C=O) groups is 2. The van der Waals surface area contributed by atoms with E-state index < -0.39 is 0 Å². The molecule has 0 spiro atoms. The molecule has 2 N–H and O–H groups in total. The minimum Gasteiger partial charge on any atom is -0.326 e. The summed E-state index contributed by atoms with van der Waals surface area (Å²) >= 11 is 3.38. The van der Waals surface area contributed by atoms with Gasteiger partial charge in [-0.25, -0.2) is 0 Å². The quantitative estimate of drug-likeness (QED) is 0.888. The summed E-state index contributed by atoms with van der Waals surface area (Å²) in [5, 5.41) is 5.50. The molecule has 0 atom stereocenters. The van der Waals surface area contributed by atoms with Crippen molar-refractivity contribution in [1.82, 2.24) is 0 Å². The van der Waals surface area contributed by atoms with Crippen LogP contribution in [0.5, 0.6) is 0 Å². The Bertz CT molecular complexity index is 654. The zero-order valence-corrected chi connectivity index (χ0v) is 13.1. The summed E-state index contributed by atoms with van der Waals surface area (Å²) in [6.07, 6.45) is 0.312. The van der Waals surface area contributed by atoms with Crippen molar-refractivity contribution in [1.29, 1.82) is 0 Å². The Hall–Kier alpha value is -2.14. The molecule has 0 saturated heterocycles. The molecule has 2 amide bonds. The normalized spacial score (nSPS) is 10.0. The van der Waals surface area contributed by atoms with Gasteiger partial charge in [0.25, 0.3) is 0 Å². The van der Waals surface area contributed by atoms with Crippen molar-refractivity contribution in [3.63, 3.8) is 0 Å². The van der Waals surface area contributed by atoms with Crippen molar-refractivity contribution in [2.24, 2.45) is 0 Å². The Morgan fingerprint density at radius 1 is 1.00 bits per heavy atom. The fourth-order valence-corrected chi connectivity index (χ4v) is 2.32. The molecule has 108 valence electrons. The lowest BCUT2D eigenvalue weighted by molar-refractivity contribution is -0.116. The molecule has 2 aromatic rings. The fourth-order valence-electron chi connectivity index (χ4n) is 1.88. The van der Waals surface area contributed by atoms with E-state index in [1.807, 2.05) is 24.3 Å². The number of halogens is 1. The Kier molecular flexibility index (Phi) is 5.11. The van der Waals surface area contributed by atoms with Gasteiger partial charge in [0.05, 0.1) is 6.42 Å². The molecule has 0 aromatic heterocycles. The average Bonchev–Trinajstić information content (AvgIpc) is 2.40. The van der Waals surface area contributed by atoms with Crippen molar-refractivity contribution in [2.75, 3.05) is 10.6 Å². The zero-order valence-electron chi connectivity index (χ0n) is 11.5. The first-order valence-electron chi connectivity index (χ1n) is 6.45. The van der Waals surface area contributed by atoms with Crippen LogP contribution < -0.4 is 10.6 Å². The van der Waals surface area contributed by atoms with Gasteiger partial charge in [-0.15, -0.1) is 0 Å². The van der Waals surface area contributed by atoms with E-state index in [2.05, 4.69) is 26.6 Å². The summed E-state index contributed by atoms with van der Waals surface area (Å²) in [4.78, 5) is 22.9. The van der Waals surface area contributed by atoms with Crippen LogP contribution in [0.25, 0.3) is 0 Å². The SMILES string of the molecule is CC(=O)Nc1ccc(NC(=O)Cc2cccc(Br)c2)cc1. The minimum absolute atomic E-state index is 0.0830. The Morgan fingerprint density at radius 3 is 2.19 bits per heavy atom. The number of hydrogen-bond donors (Lipinski definition) is 2. The maximum atomic E-state index is 12.0. The van der Waals surface area contributed by atoms with E-state index in [1.165, 1.54) is 6.92 Å². The van der Waals surface area contributed by atoms with Gasteiger partial charge in [-0.3, -0.25) is 9.59 Å². The second-order valence-electron chi connectivity index (χ2n) is 4.61. The molecule has 2 aromatic carbocycles. The molecule has 21 heavy (non-hydrogen) atoms. The van der Waals surface area contributed by atoms with Gasteiger partial charge in [0.2, 0.25) is 11.8 Å². The van der Waals surface area contributed by atoms with Crippen LogP contribution in [0.15, 0.2) is 53.0 Å². The molecule has 0 bridgehead atoms. The van der Waals surface area contributed by atoms with Crippen molar-refractivity contribution < 1.29 is 9.59 Å². The average molecular weight is 347 g/mol. The Morgan fingerprint density at radius 2 is 1.62 bits per heavy atom. The molecular weight excluding hydrogens is 332 g/mol. The molecule has 0 radical (unpaired) electrons. The van der Waals surface area contributed by atoms with Gasteiger partial charge in [-0.05, 0) is 42.0 Å². The van der Waals surface area contributed by atoms with Gasteiger partial charge in [0.15, 0.2) is 0 Å². The lowest BCUT2D eigenvalue weighted by atomic mass is 10.1. The zero-order chi connectivity index (χ0) is 15.2. The predicted octanol–water partition coefficient (Wildman–Crippen LogP) is 3.59. The summed E-state index contributed by atoms with van der Waals surface area (Å²) in [6.45, 7) is 1.45.